The molecule has 4 heteroatoms. The van der Waals surface area contributed by atoms with Crippen LogP contribution in [0, 0.1) is 17.8 Å². The summed E-state index contributed by atoms with van der Waals surface area (Å²) in [5, 5.41) is 0. The lowest BCUT2D eigenvalue weighted by Gasteiger charge is -2.25. The summed E-state index contributed by atoms with van der Waals surface area (Å²) in [6.45, 7) is 6.47. The summed E-state index contributed by atoms with van der Waals surface area (Å²) in [5.41, 5.74) is 0. The molecule has 2 atom stereocenters. The Hall–Kier alpha value is -1.32. The molecule has 1 aliphatic carbocycles. The Morgan fingerprint density at radius 3 is 2.06 bits per heavy atom. The van der Waals surface area contributed by atoms with Crippen LogP contribution in [0.2, 0.25) is 0 Å². The van der Waals surface area contributed by atoms with E-state index in [1.807, 2.05) is 26.0 Å². The molecule has 0 N–H and O–H groups in total. The van der Waals surface area contributed by atoms with Gasteiger partial charge in [0.1, 0.15) is 0 Å². The van der Waals surface area contributed by atoms with E-state index in [4.69, 9.17) is 9.47 Å². The van der Waals surface area contributed by atoms with E-state index in [-0.39, 0.29) is 11.9 Å². The molecule has 2 unspecified atom stereocenters. The van der Waals surface area contributed by atoms with Gasteiger partial charge in [-0.05, 0) is 25.7 Å². The monoisotopic (exact) mass is 254 g/mol. The second kappa shape index (κ2) is 7.19. The summed E-state index contributed by atoms with van der Waals surface area (Å²) in [7, 11) is 0. The Kier molecular flexibility index (Phi) is 5.89. The van der Waals surface area contributed by atoms with Gasteiger partial charge in [0.2, 0.25) is 0 Å². The molecule has 0 aromatic carbocycles. The smallest absolute Gasteiger partial charge is 0.310 e. The molecule has 1 rings (SSSR count). The van der Waals surface area contributed by atoms with Crippen molar-refractivity contribution in [2.24, 2.45) is 17.8 Å². The van der Waals surface area contributed by atoms with E-state index in [0.29, 0.717) is 32.0 Å². The first kappa shape index (κ1) is 14.7. The lowest BCUT2D eigenvalue weighted by molar-refractivity contribution is -0.161. The van der Waals surface area contributed by atoms with E-state index in [0.717, 1.165) is 0 Å². The van der Waals surface area contributed by atoms with Gasteiger partial charge in [0.25, 0.3) is 0 Å². The van der Waals surface area contributed by atoms with Crippen molar-refractivity contribution in [1.29, 1.82) is 0 Å². The van der Waals surface area contributed by atoms with Crippen LogP contribution < -0.4 is 0 Å². The van der Waals surface area contributed by atoms with Gasteiger partial charge in [-0.3, -0.25) is 9.59 Å². The highest BCUT2D eigenvalue weighted by molar-refractivity contribution is 5.82. The van der Waals surface area contributed by atoms with Crippen LogP contribution in [-0.4, -0.2) is 25.2 Å². The summed E-state index contributed by atoms with van der Waals surface area (Å²) in [6.07, 6.45) is 4.96. The number of hydrogen-bond donors (Lipinski definition) is 0. The van der Waals surface area contributed by atoms with Gasteiger partial charge in [-0.25, -0.2) is 0 Å². The minimum Gasteiger partial charge on any atom is -0.466 e. The SMILES string of the molecule is CCOC(=O)C1CC=CCC1C(=O)OCC(C)C. The van der Waals surface area contributed by atoms with E-state index >= 15 is 0 Å². The number of rotatable bonds is 5. The molecule has 0 aliphatic heterocycles. The zero-order chi connectivity index (χ0) is 13.5. The quantitative estimate of drug-likeness (QED) is 0.558. The molecular formula is C14H22O4. The second-order valence-corrected chi connectivity index (χ2v) is 4.93. The third-order valence-electron chi connectivity index (χ3n) is 2.88. The third kappa shape index (κ3) is 4.17. The zero-order valence-corrected chi connectivity index (χ0v) is 11.3. The van der Waals surface area contributed by atoms with Gasteiger partial charge in [0.05, 0.1) is 25.0 Å². The van der Waals surface area contributed by atoms with Crippen LogP contribution in [0.1, 0.15) is 33.6 Å². The van der Waals surface area contributed by atoms with Crippen molar-refractivity contribution >= 4 is 11.9 Å². The largest absolute Gasteiger partial charge is 0.466 e. The van der Waals surface area contributed by atoms with Crippen molar-refractivity contribution in [2.75, 3.05) is 13.2 Å². The molecule has 0 saturated carbocycles. The lowest BCUT2D eigenvalue weighted by Crippen LogP contribution is -2.34. The van der Waals surface area contributed by atoms with Gasteiger partial charge in [0, 0.05) is 0 Å². The van der Waals surface area contributed by atoms with E-state index in [2.05, 4.69) is 0 Å². The predicted molar refractivity (Wildman–Crippen MR) is 67.8 cm³/mol. The highest BCUT2D eigenvalue weighted by Crippen LogP contribution is 2.28. The Morgan fingerprint density at radius 2 is 1.61 bits per heavy atom. The molecule has 0 radical (unpaired) electrons. The minimum absolute atomic E-state index is 0.286. The maximum atomic E-state index is 12.0. The lowest BCUT2D eigenvalue weighted by atomic mass is 9.83. The molecule has 0 spiro atoms. The molecule has 0 aromatic heterocycles. The maximum Gasteiger partial charge on any atom is 0.310 e. The van der Waals surface area contributed by atoms with Gasteiger partial charge < -0.3 is 9.47 Å². The molecule has 0 heterocycles. The van der Waals surface area contributed by atoms with Crippen LogP contribution in [0.25, 0.3) is 0 Å². The Labute approximate surface area is 108 Å². The molecule has 0 aromatic rings. The molecule has 0 fully saturated rings. The number of carbonyl (C=O) groups excluding carboxylic acids is 2. The molecule has 102 valence electrons. The first-order valence-electron chi connectivity index (χ1n) is 6.54. The highest BCUT2D eigenvalue weighted by atomic mass is 16.5. The fraction of sp³-hybridized carbons (Fsp3) is 0.714. The number of allylic oxidation sites excluding steroid dienone is 2. The van der Waals surface area contributed by atoms with Crippen LogP contribution in [0.3, 0.4) is 0 Å². The molecule has 0 saturated heterocycles. The first-order chi connectivity index (χ1) is 8.56. The maximum absolute atomic E-state index is 12.0. The van der Waals surface area contributed by atoms with Crippen LogP contribution in [0.5, 0.6) is 0 Å². The van der Waals surface area contributed by atoms with Crippen molar-refractivity contribution in [2.45, 2.75) is 33.6 Å². The van der Waals surface area contributed by atoms with Crippen LogP contribution in [0.15, 0.2) is 12.2 Å². The van der Waals surface area contributed by atoms with Gasteiger partial charge in [-0.2, -0.15) is 0 Å². The van der Waals surface area contributed by atoms with Gasteiger partial charge >= 0.3 is 11.9 Å². The normalized spacial score (nSPS) is 22.9. The van der Waals surface area contributed by atoms with Crippen LogP contribution in [-0.2, 0) is 19.1 Å². The van der Waals surface area contributed by atoms with E-state index in [9.17, 15) is 9.59 Å². The van der Waals surface area contributed by atoms with Crippen LogP contribution >= 0.6 is 0 Å². The summed E-state index contributed by atoms with van der Waals surface area (Å²) < 4.78 is 10.2. The minimum atomic E-state index is -0.396. The van der Waals surface area contributed by atoms with Gasteiger partial charge in [0.15, 0.2) is 0 Å². The van der Waals surface area contributed by atoms with Crippen molar-refractivity contribution in [1.82, 2.24) is 0 Å². The standard InChI is InChI=1S/C14H22O4/c1-4-17-13(15)11-7-5-6-8-12(11)14(16)18-9-10(2)3/h5-6,10-12H,4,7-9H2,1-3H3. The van der Waals surface area contributed by atoms with E-state index in [1.54, 1.807) is 6.92 Å². The summed E-state index contributed by atoms with van der Waals surface area (Å²) in [4.78, 5) is 23.7. The molecule has 18 heavy (non-hydrogen) atoms. The Balaban J connectivity index is 2.62. The average molecular weight is 254 g/mol. The molecule has 0 bridgehead atoms. The van der Waals surface area contributed by atoms with Crippen molar-refractivity contribution in [3.8, 4) is 0 Å². The van der Waals surface area contributed by atoms with Crippen molar-refractivity contribution < 1.29 is 19.1 Å². The third-order valence-corrected chi connectivity index (χ3v) is 2.88. The fourth-order valence-electron chi connectivity index (χ4n) is 1.94. The highest BCUT2D eigenvalue weighted by Gasteiger charge is 2.36. The fourth-order valence-corrected chi connectivity index (χ4v) is 1.94. The Morgan fingerprint density at radius 1 is 1.11 bits per heavy atom. The van der Waals surface area contributed by atoms with Gasteiger partial charge in [-0.15, -0.1) is 0 Å². The van der Waals surface area contributed by atoms with Crippen LogP contribution in [0.4, 0.5) is 0 Å². The number of ether oxygens (including phenoxy) is 2. The molecule has 0 amide bonds. The van der Waals surface area contributed by atoms with E-state index < -0.39 is 11.8 Å². The second-order valence-electron chi connectivity index (χ2n) is 4.93. The topological polar surface area (TPSA) is 52.6 Å². The zero-order valence-electron chi connectivity index (χ0n) is 11.3. The summed E-state index contributed by atoms with van der Waals surface area (Å²) in [5.74, 6) is -1.07. The van der Waals surface area contributed by atoms with Crippen molar-refractivity contribution in [3.63, 3.8) is 0 Å². The molecule has 1 aliphatic rings. The van der Waals surface area contributed by atoms with E-state index in [1.165, 1.54) is 0 Å². The predicted octanol–water partition coefficient (Wildman–Crippen LogP) is 2.33. The van der Waals surface area contributed by atoms with Gasteiger partial charge in [-0.1, -0.05) is 26.0 Å². The average Bonchev–Trinajstić information content (AvgIpc) is 2.36. The number of hydrogen-bond acceptors (Lipinski definition) is 4. The summed E-state index contributed by atoms with van der Waals surface area (Å²) >= 11 is 0. The first-order valence-corrected chi connectivity index (χ1v) is 6.54. The molecular weight excluding hydrogens is 232 g/mol. The summed E-state index contributed by atoms with van der Waals surface area (Å²) in [6, 6.07) is 0. The van der Waals surface area contributed by atoms with Crippen molar-refractivity contribution in [3.05, 3.63) is 12.2 Å². The number of carbonyl (C=O) groups is 2. The number of esters is 2. The Bertz CT molecular complexity index is 320. The molecule has 4 nitrogen and oxygen atoms in total.